The van der Waals surface area contributed by atoms with Gasteiger partial charge in [0.05, 0.1) is 0 Å². The monoisotopic (exact) mass is 460 g/mol. The van der Waals surface area contributed by atoms with E-state index in [2.05, 4.69) is 0 Å². The van der Waals surface area contributed by atoms with Crippen molar-refractivity contribution >= 4 is 49.6 Å². The predicted molar refractivity (Wildman–Crippen MR) is 93.0 cm³/mol. The van der Waals surface area contributed by atoms with Gasteiger partial charge in [-0.1, -0.05) is 0 Å². The van der Waals surface area contributed by atoms with Crippen LogP contribution in [0, 0.1) is 0 Å². The van der Waals surface area contributed by atoms with Crippen molar-refractivity contribution in [1.82, 2.24) is 7.83 Å². The first-order valence-corrected chi connectivity index (χ1v) is 12.6. The summed E-state index contributed by atoms with van der Waals surface area (Å²) < 4.78 is 25.4. The van der Waals surface area contributed by atoms with Gasteiger partial charge >= 0.3 is 148 Å². The quantitative estimate of drug-likeness (QED) is 0.529. The summed E-state index contributed by atoms with van der Waals surface area (Å²) in [7, 11) is 0. The van der Waals surface area contributed by atoms with E-state index in [0.29, 0.717) is 11.1 Å². The van der Waals surface area contributed by atoms with Gasteiger partial charge in [0.25, 0.3) is 0 Å². The van der Waals surface area contributed by atoms with Crippen LogP contribution in [-0.4, -0.2) is 70.0 Å². The molecule has 24 heavy (non-hydrogen) atoms. The van der Waals surface area contributed by atoms with Gasteiger partial charge in [-0.25, -0.2) is 0 Å². The summed E-state index contributed by atoms with van der Waals surface area (Å²) in [6, 6.07) is 14.2. The van der Waals surface area contributed by atoms with Crippen LogP contribution in [0.3, 0.4) is 0 Å². The van der Waals surface area contributed by atoms with Crippen molar-refractivity contribution in [2.45, 2.75) is 0 Å². The van der Waals surface area contributed by atoms with Crippen molar-refractivity contribution in [3.63, 3.8) is 0 Å². The van der Waals surface area contributed by atoms with E-state index in [1.165, 1.54) is 7.83 Å². The number of rotatable bonds is 3. The molecule has 0 aliphatic carbocycles. The minimum absolute atomic E-state index is 0.186. The van der Waals surface area contributed by atoms with Gasteiger partial charge in [0, 0.05) is 0 Å². The molecule has 2 N–H and O–H groups in total. The third-order valence-electron chi connectivity index (χ3n) is 4.15. The van der Waals surface area contributed by atoms with Crippen molar-refractivity contribution in [1.29, 1.82) is 0 Å². The Hall–Kier alpha value is -1.66. The molecule has 0 saturated heterocycles. The second kappa shape index (κ2) is 6.01. The zero-order valence-electron chi connectivity index (χ0n) is 12.5. The van der Waals surface area contributed by atoms with E-state index < -0.39 is 28.9 Å². The van der Waals surface area contributed by atoms with Crippen LogP contribution in [0.1, 0.15) is 20.7 Å². The molecule has 2 unspecified atom stereocenters. The summed E-state index contributed by atoms with van der Waals surface area (Å²) in [5, 5.41) is 0. The second-order valence-electron chi connectivity index (χ2n) is 5.47. The SMILES string of the molecule is O=C1c2ccccc2[SeH](O)N1CCN1C(=O)c2ccccc2[SeH]1O. The molecule has 0 bridgehead atoms. The molecule has 2 heterocycles. The first kappa shape index (κ1) is 15.8. The van der Waals surface area contributed by atoms with Gasteiger partial charge in [-0.05, 0) is 0 Å². The molecule has 0 radical (unpaired) electrons. The van der Waals surface area contributed by atoms with Gasteiger partial charge < -0.3 is 0 Å². The summed E-state index contributed by atoms with van der Waals surface area (Å²) in [5.74, 6) is -0.372. The molecule has 126 valence electrons. The van der Waals surface area contributed by atoms with Crippen LogP contribution in [0.2, 0.25) is 0 Å². The van der Waals surface area contributed by atoms with Crippen molar-refractivity contribution in [2.24, 2.45) is 0 Å². The van der Waals surface area contributed by atoms with Crippen molar-refractivity contribution in [3.8, 4) is 0 Å². The Labute approximate surface area is 148 Å². The second-order valence-corrected chi connectivity index (χ2v) is 11.9. The number of fused-ring (bicyclic) bond motifs is 2. The van der Waals surface area contributed by atoms with Crippen LogP contribution < -0.4 is 8.92 Å². The summed E-state index contributed by atoms with van der Waals surface area (Å²) in [4.78, 5) is 24.9. The average molecular weight is 458 g/mol. The molecular formula is C16H16N2O4Se2. The van der Waals surface area contributed by atoms with Gasteiger partial charge in [-0.15, -0.1) is 0 Å². The first-order valence-electron chi connectivity index (χ1n) is 7.39. The van der Waals surface area contributed by atoms with Crippen molar-refractivity contribution < 1.29 is 18.0 Å². The standard InChI is InChI=1S/C16H16N2O4Se2/c19-15-11-5-1-3-7-13(11)23(21)17(15)9-10-18-16(20)12-6-2-4-8-14(12)24(18)22/h1-8,21-24H,9-10H2. The average Bonchev–Trinajstić information content (AvgIpc) is 3.00. The number of nitrogens with zero attached hydrogens (tertiary/aromatic N) is 2. The van der Waals surface area contributed by atoms with E-state index >= 15 is 0 Å². The normalized spacial score (nSPS) is 25.1. The van der Waals surface area contributed by atoms with Crippen LogP contribution in [0.15, 0.2) is 48.5 Å². The van der Waals surface area contributed by atoms with E-state index in [-0.39, 0.29) is 24.9 Å². The Balaban J connectivity index is 1.51. The maximum absolute atomic E-state index is 12.4. The fourth-order valence-electron chi connectivity index (χ4n) is 2.95. The number of carbonyl (C=O) groups excluding carboxylic acids is 2. The molecule has 8 heteroatoms. The fourth-order valence-corrected chi connectivity index (χ4v) is 8.92. The summed E-state index contributed by atoms with van der Waals surface area (Å²) >= 11 is -5.18. The Kier molecular flexibility index (Phi) is 3.96. The Morgan fingerprint density at radius 1 is 0.708 bits per heavy atom. The van der Waals surface area contributed by atoms with Gasteiger partial charge in [0.2, 0.25) is 0 Å². The molecule has 6 nitrogen and oxygen atoms in total. The third kappa shape index (κ3) is 2.31. The van der Waals surface area contributed by atoms with Gasteiger partial charge in [0.1, 0.15) is 0 Å². The van der Waals surface area contributed by atoms with Crippen LogP contribution in [0.4, 0.5) is 0 Å². The molecule has 0 fully saturated rings. The van der Waals surface area contributed by atoms with Crippen LogP contribution in [-0.2, 0) is 0 Å². The number of amides is 2. The first-order chi connectivity index (χ1) is 11.6. The Bertz CT molecular complexity index is 775. The zero-order chi connectivity index (χ0) is 16.8. The minimum atomic E-state index is -2.59. The van der Waals surface area contributed by atoms with Gasteiger partial charge in [-0.2, -0.15) is 0 Å². The topological polar surface area (TPSA) is 81.1 Å². The summed E-state index contributed by atoms with van der Waals surface area (Å²) in [6.07, 6.45) is 0. The fraction of sp³-hybridized carbons (Fsp3) is 0.125. The van der Waals surface area contributed by atoms with E-state index in [0.717, 1.165) is 8.92 Å². The number of benzene rings is 2. The molecular weight excluding hydrogens is 442 g/mol. The van der Waals surface area contributed by atoms with Crippen LogP contribution >= 0.6 is 0 Å². The summed E-state index contributed by atoms with van der Waals surface area (Å²) in [5.41, 5.74) is 1.10. The molecule has 0 aromatic heterocycles. The molecule has 4 rings (SSSR count). The number of hydrogen-bond donors (Lipinski definition) is 2. The van der Waals surface area contributed by atoms with Crippen LogP contribution in [0.25, 0.3) is 0 Å². The van der Waals surface area contributed by atoms with E-state index in [1.54, 1.807) is 36.4 Å². The summed E-state index contributed by atoms with van der Waals surface area (Å²) in [6.45, 7) is 0.491. The maximum atomic E-state index is 12.4. The number of carbonyl (C=O) groups is 2. The molecule has 0 saturated carbocycles. The van der Waals surface area contributed by atoms with Crippen molar-refractivity contribution in [2.75, 3.05) is 13.1 Å². The van der Waals surface area contributed by atoms with Crippen molar-refractivity contribution in [3.05, 3.63) is 59.7 Å². The van der Waals surface area contributed by atoms with E-state index in [1.807, 2.05) is 12.1 Å². The zero-order valence-corrected chi connectivity index (χ0v) is 16.3. The predicted octanol–water partition coefficient (Wildman–Crippen LogP) is -1.86. The molecule has 0 spiro atoms. The van der Waals surface area contributed by atoms with E-state index in [9.17, 15) is 18.0 Å². The van der Waals surface area contributed by atoms with Crippen LogP contribution in [0.5, 0.6) is 0 Å². The molecule has 2 aromatic rings. The van der Waals surface area contributed by atoms with Gasteiger partial charge in [-0.3, -0.25) is 0 Å². The third-order valence-corrected chi connectivity index (χ3v) is 11.1. The number of hydrogen-bond acceptors (Lipinski definition) is 4. The molecule has 2 aromatic carbocycles. The molecule has 2 amide bonds. The molecule has 2 atom stereocenters. The molecule has 2 aliphatic heterocycles. The van der Waals surface area contributed by atoms with E-state index in [4.69, 9.17) is 0 Å². The Morgan fingerprint density at radius 3 is 1.46 bits per heavy atom. The molecule has 2 aliphatic rings. The van der Waals surface area contributed by atoms with Gasteiger partial charge in [0.15, 0.2) is 0 Å². The Morgan fingerprint density at radius 2 is 1.08 bits per heavy atom.